The molecule has 0 spiro atoms. The lowest BCUT2D eigenvalue weighted by atomic mass is 9.97. The number of benzene rings is 1. The summed E-state index contributed by atoms with van der Waals surface area (Å²) in [7, 11) is 0. The quantitative estimate of drug-likeness (QED) is 0.835. The van der Waals surface area contributed by atoms with E-state index in [2.05, 4.69) is 4.98 Å². The molecule has 0 aliphatic heterocycles. The number of aliphatic carboxylic acids is 1. The fourth-order valence-electron chi connectivity index (χ4n) is 2.19. The van der Waals surface area contributed by atoms with Gasteiger partial charge in [-0.3, -0.25) is 9.78 Å². The van der Waals surface area contributed by atoms with Gasteiger partial charge in [0.15, 0.2) is 0 Å². The van der Waals surface area contributed by atoms with Crippen molar-refractivity contribution in [2.75, 3.05) is 0 Å². The third-order valence-electron chi connectivity index (χ3n) is 3.13. The summed E-state index contributed by atoms with van der Waals surface area (Å²) >= 11 is 0. The lowest BCUT2D eigenvalue weighted by Gasteiger charge is -2.16. The Kier molecular flexibility index (Phi) is 4.54. The monoisotopic (exact) mass is 349 g/mol. The Morgan fingerprint density at radius 3 is 2.25 bits per heavy atom. The summed E-state index contributed by atoms with van der Waals surface area (Å²) < 4.78 is 78.2. The maximum absolute atomic E-state index is 13.3. The number of carboxylic acids is 1. The number of alkyl halides is 6. The predicted octanol–water partition coefficient (Wildman–Crippen LogP) is 4.41. The Hall–Kier alpha value is -2.58. The molecule has 0 saturated carbocycles. The van der Waals surface area contributed by atoms with Crippen LogP contribution in [0.5, 0.6) is 0 Å². The summed E-state index contributed by atoms with van der Waals surface area (Å²) in [5, 5.41) is 8.73. The molecule has 1 N–H and O–H groups in total. The van der Waals surface area contributed by atoms with E-state index in [1.54, 1.807) is 0 Å². The van der Waals surface area contributed by atoms with E-state index in [9.17, 15) is 31.1 Å². The average Bonchev–Trinajstić information content (AvgIpc) is 2.44. The van der Waals surface area contributed by atoms with Gasteiger partial charge in [-0.15, -0.1) is 0 Å². The zero-order chi connectivity index (χ0) is 18.1. The highest BCUT2D eigenvalue weighted by Gasteiger charge is 2.38. The summed E-state index contributed by atoms with van der Waals surface area (Å²) in [5.41, 5.74) is -4.19. The first-order valence-corrected chi connectivity index (χ1v) is 6.44. The molecule has 2 rings (SSSR count). The molecule has 1 aromatic carbocycles. The van der Waals surface area contributed by atoms with E-state index in [0.717, 1.165) is 30.5 Å². The minimum atomic E-state index is -4.97. The minimum Gasteiger partial charge on any atom is -0.481 e. The van der Waals surface area contributed by atoms with Gasteiger partial charge in [0, 0.05) is 11.8 Å². The zero-order valence-electron chi connectivity index (χ0n) is 11.7. The third kappa shape index (κ3) is 3.84. The Labute approximate surface area is 131 Å². The topological polar surface area (TPSA) is 50.2 Å². The number of carbonyl (C=O) groups is 1. The predicted molar refractivity (Wildman–Crippen MR) is 71.0 cm³/mol. The van der Waals surface area contributed by atoms with Crippen LogP contribution < -0.4 is 0 Å². The highest BCUT2D eigenvalue weighted by Crippen LogP contribution is 2.40. The first kappa shape index (κ1) is 17.8. The summed E-state index contributed by atoms with van der Waals surface area (Å²) in [4.78, 5) is 14.3. The number of pyridine rings is 1. The summed E-state index contributed by atoms with van der Waals surface area (Å²) in [5.74, 6) is -1.50. The summed E-state index contributed by atoms with van der Waals surface area (Å²) in [6.45, 7) is 0. The Balaban J connectivity index is 2.69. The lowest BCUT2D eigenvalue weighted by molar-refractivity contribution is -0.139. The first-order chi connectivity index (χ1) is 11.0. The van der Waals surface area contributed by atoms with E-state index in [1.807, 2.05) is 0 Å². The maximum atomic E-state index is 13.3. The molecule has 1 aromatic heterocycles. The van der Waals surface area contributed by atoms with Crippen LogP contribution in [0, 0.1) is 0 Å². The average molecular weight is 349 g/mol. The standard InChI is InChI=1S/C15H9F6NO2/c16-14(17,18)10-3-1-2-9(6-10)13-12(15(19,20)21)8(4-5-22-13)7-11(23)24/h1-6H,7H2,(H,23,24). The highest BCUT2D eigenvalue weighted by atomic mass is 19.4. The molecule has 0 atom stereocenters. The number of halogens is 6. The van der Waals surface area contributed by atoms with Crippen molar-refractivity contribution in [3.05, 3.63) is 53.2 Å². The van der Waals surface area contributed by atoms with Gasteiger partial charge in [-0.05, 0) is 23.8 Å². The largest absolute Gasteiger partial charge is 0.481 e. The Morgan fingerprint density at radius 1 is 1.04 bits per heavy atom. The Morgan fingerprint density at radius 2 is 1.71 bits per heavy atom. The van der Waals surface area contributed by atoms with Crippen LogP contribution in [-0.2, 0) is 23.6 Å². The van der Waals surface area contributed by atoms with Crippen molar-refractivity contribution >= 4 is 5.97 Å². The number of rotatable bonds is 3. The molecule has 2 aromatic rings. The van der Waals surface area contributed by atoms with Crippen LogP contribution in [-0.4, -0.2) is 16.1 Å². The van der Waals surface area contributed by atoms with Gasteiger partial charge in [0.1, 0.15) is 0 Å². The summed E-state index contributed by atoms with van der Waals surface area (Å²) in [6.07, 6.45) is -9.69. The highest BCUT2D eigenvalue weighted by molar-refractivity contribution is 5.73. The molecule has 0 radical (unpaired) electrons. The number of carboxylic acid groups (broad SMARTS) is 1. The zero-order valence-corrected chi connectivity index (χ0v) is 11.7. The van der Waals surface area contributed by atoms with E-state index < -0.39 is 52.7 Å². The molecule has 0 unspecified atom stereocenters. The van der Waals surface area contributed by atoms with Gasteiger partial charge in [-0.25, -0.2) is 0 Å². The van der Waals surface area contributed by atoms with Gasteiger partial charge in [-0.2, -0.15) is 26.3 Å². The van der Waals surface area contributed by atoms with Crippen LogP contribution in [0.3, 0.4) is 0 Å². The summed E-state index contributed by atoms with van der Waals surface area (Å²) in [6, 6.07) is 4.16. The van der Waals surface area contributed by atoms with E-state index in [4.69, 9.17) is 5.11 Å². The molecule has 0 bridgehead atoms. The van der Waals surface area contributed by atoms with Gasteiger partial charge in [-0.1, -0.05) is 12.1 Å². The third-order valence-corrected chi connectivity index (χ3v) is 3.13. The van der Waals surface area contributed by atoms with Crippen LogP contribution in [0.2, 0.25) is 0 Å². The second-order valence-corrected chi connectivity index (χ2v) is 4.84. The van der Waals surface area contributed by atoms with Crippen LogP contribution in [0.1, 0.15) is 16.7 Å². The van der Waals surface area contributed by atoms with Crippen LogP contribution in [0.25, 0.3) is 11.3 Å². The van der Waals surface area contributed by atoms with Crippen molar-refractivity contribution in [1.82, 2.24) is 4.98 Å². The van der Waals surface area contributed by atoms with Crippen molar-refractivity contribution in [2.45, 2.75) is 18.8 Å². The van der Waals surface area contributed by atoms with Crippen molar-refractivity contribution in [3.63, 3.8) is 0 Å². The molecule has 24 heavy (non-hydrogen) atoms. The van der Waals surface area contributed by atoms with Crippen molar-refractivity contribution in [1.29, 1.82) is 0 Å². The van der Waals surface area contributed by atoms with Gasteiger partial charge in [0.2, 0.25) is 0 Å². The molecular formula is C15H9F6NO2. The van der Waals surface area contributed by atoms with E-state index in [1.165, 1.54) is 0 Å². The molecule has 0 fully saturated rings. The van der Waals surface area contributed by atoms with Crippen molar-refractivity contribution < 1.29 is 36.2 Å². The molecule has 0 aliphatic carbocycles. The molecule has 0 saturated heterocycles. The van der Waals surface area contributed by atoms with E-state index >= 15 is 0 Å². The lowest BCUT2D eigenvalue weighted by Crippen LogP contribution is -2.15. The molecule has 0 aliphatic rings. The molecule has 1 heterocycles. The van der Waals surface area contributed by atoms with Crippen LogP contribution >= 0.6 is 0 Å². The molecule has 9 heteroatoms. The first-order valence-electron chi connectivity index (χ1n) is 6.44. The SMILES string of the molecule is O=C(O)Cc1ccnc(-c2cccc(C(F)(F)F)c2)c1C(F)(F)F. The second-order valence-electron chi connectivity index (χ2n) is 4.84. The minimum absolute atomic E-state index is 0.399. The number of hydrogen-bond acceptors (Lipinski definition) is 2. The van der Waals surface area contributed by atoms with Crippen LogP contribution in [0.15, 0.2) is 36.5 Å². The number of nitrogens with zero attached hydrogens (tertiary/aromatic N) is 1. The molecule has 128 valence electrons. The van der Waals surface area contributed by atoms with Crippen molar-refractivity contribution in [3.8, 4) is 11.3 Å². The Bertz CT molecular complexity index is 767. The van der Waals surface area contributed by atoms with Crippen LogP contribution in [0.4, 0.5) is 26.3 Å². The number of hydrogen-bond donors (Lipinski definition) is 1. The maximum Gasteiger partial charge on any atom is 0.418 e. The fraction of sp³-hybridized carbons (Fsp3) is 0.200. The smallest absolute Gasteiger partial charge is 0.418 e. The molecular weight excluding hydrogens is 340 g/mol. The molecule has 0 amide bonds. The molecule has 3 nitrogen and oxygen atoms in total. The van der Waals surface area contributed by atoms with Gasteiger partial charge in [0.05, 0.1) is 23.2 Å². The second kappa shape index (κ2) is 6.14. The fourth-order valence-corrected chi connectivity index (χ4v) is 2.19. The van der Waals surface area contributed by atoms with Gasteiger partial charge in [0.25, 0.3) is 0 Å². The number of aromatic nitrogens is 1. The van der Waals surface area contributed by atoms with Gasteiger partial charge < -0.3 is 5.11 Å². The van der Waals surface area contributed by atoms with E-state index in [-0.39, 0.29) is 0 Å². The van der Waals surface area contributed by atoms with Crippen molar-refractivity contribution in [2.24, 2.45) is 0 Å². The normalized spacial score (nSPS) is 12.2. The van der Waals surface area contributed by atoms with E-state index in [0.29, 0.717) is 6.07 Å². The van der Waals surface area contributed by atoms with Gasteiger partial charge >= 0.3 is 18.3 Å².